The van der Waals surface area contributed by atoms with Gasteiger partial charge in [0, 0.05) is 38.2 Å². The topological polar surface area (TPSA) is 44.3 Å². The fourth-order valence-corrected chi connectivity index (χ4v) is 3.19. The average Bonchev–Trinajstić information content (AvgIpc) is 2.95. The minimum Gasteiger partial charge on any atom is -0.374 e. The van der Waals surface area contributed by atoms with Crippen LogP contribution in [-0.2, 0) is 6.54 Å². The summed E-state index contributed by atoms with van der Waals surface area (Å²) in [6.07, 6.45) is 1.11. The van der Waals surface area contributed by atoms with Crippen LogP contribution in [0.15, 0.2) is 24.3 Å². The van der Waals surface area contributed by atoms with E-state index in [0.29, 0.717) is 0 Å². The van der Waals surface area contributed by atoms with Gasteiger partial charge in [-0.15, -0.1) is 5.10 Å². The molecule has 3 rings (SSSR count). The van der Waals surface area contributed by atoms with E-state index in [9.17, 15) is 0 Å². The van der Waals surface area contributed by atoms with E-state index in [4.69, 9.17) is 0 Å². The smallest absolute Gasteiger partial charge is 0.135 e. The monoisotopic (exact) mass is 303 g/mol. The van der Waals surface area contributed by atoms with Gasteiger partial charge in [-0.05, 0) is 18.6 Å². The molecule has 1 aromatic carbocycles. The van der Waals surface area contributed by atoms with Gasteiger partial charge in [0.1, 0.15) is 10.7 Å². The molecule has 112 valence electrons. The zero-order valence-electron chi connectivity index (χ0n) is 12.5. The van der Waals surface area contributed by atoms with Crippen molar-refractivity contribution >= 4 is 27.9 Å². The Bertz CT molecular complexity index is 597. The van der Waals surface area contributed by atoms with Crippen LogP contribution in [0.2, 0.25) is 0 Å². The Balaban J connectivity index is 1.80. The van der Waals surface area contributed by atoms with E-state index in [1.807, 2.05) is 0 Å². The molecular weight excluding hydrogens is 282 g/mol. The number of hydrogen-bond donors (Lipinski definition) is 1. The minimum atomic E-state index is 0.813. The van der Waals surface area contributed by atoms with Crippen molar-refractivity contribution in [3.05, 3.63) is 30.0 Å². The van der Waals surface area contributed by atoms with Crippen LogP contribution in [0, 0.1) is 0 Å². The molecule has 0 atom stereocenters. The summed E-state index contributed by atoms with van der Waals surface area (Å²) in [5, 5.41) is 8.83. The summed E-state index contributed by atoms with van der Waals surface area (Å²) >= 11 is 1.45. The van der Waals surface area contributed by atoms with Crippen molar-refractivity contribution in [2.45, 2.75) is 19.9 Å². The molecule has 5 nitrogen and oxygen atoms in total. The third kappa shape index (κ3) is 2.95. The number of nitrogens with one attached hydrogen (secondary N) is 1. The van der Waals surface area contributed by atoms with Crippen LogP contribution in [0.25, 0.3) is 0 Å². The van der Waals surface area contributed by atoms with Crippen LogP contribution in [-0.4, -0.2) is 36.3 Å². The van der Waals surface area contributed by atoms with Gasteiger partial charge in [0.05, 0.1) is 17.9 Å². The maximum Gasteiger partial charge on any atom is 0.135 e. The van der Waals surface area contributed by atoms with E-state index in [1.165, 1.54) is 22.9 Å². The maximum atomic E-state index is 4.31. The van der Waals surface area contributed by atoms with Gasteiger partial charge in [-0.3, -0.25) is 0 Å². The first-order valence-corrected chi connectivity index (χ1v) is 8.17. The second-order valence-corrected chi connectivity index (χ2v) is 6.06. The number of likely N-dealkylation sites (N-methyl/N-ethyl adjacent to an activating group) is 1. The highest BCUT2D eigenvalue weighted by Gasteiger charge is 2.21. The molecule has 0 spiro atoms. The van der Waals surface area contributed by atoms with E-state index in [0.717, 1.165) is 43.3 Å². The molecule has 0 aliphatic carbocycles. The Hall–Kier alpha value is -1.82. The Morgan fingerprint density at radius 2 is 2.05 bits per heavy atom. The third-order valence-corrected chi connectivity index (χ3v) is 4.50. The second kappa shape index (κ2) is 6.30. The van der Waals surface area contributed by atoms with Crippen molar-refractivity contribution < 1.29 is 0 Å². The van der Waals surface area contributed by atoms with Crippen LogP contribution in [0.4, 0.5) is 16.4 Å². The van der Waals surface area contributed by atoms with Gasteiger partial charge >= 0.3 is 0 Å². The largest absolute Gasteiger partial charge is 0.374 e. The number of aromatic nitrogens is 2. The van der Waals surface area contributed by atoms with Gasteiger partial charge in [0.15, 0.2) is 0 Å². The number of hydrogen-bond acceptors (Lipinski definition) is 6. The highest BCUT2D eigenvalue weighted by atomic mass is 32.1. The lowest BCUT2D eigenvalue weighted by atomic mass is 10.1. The molecule has 0 saturated carbocycles. The lowest BCUT2D eigenvalue weighted by Crippen LogP contribution is -2.38. The van der Waals surface area contributed by atoms with E-state index in [2.05, 4.69) is 62.9 Å². The standard InChI is InChI=1S/C15H21N5S/c1-3-8-16-15-12(17-18-21-15)11-20-10-9-19(2)13-6-4-5-7-14(13)20/h4-7,16H,3,8-11H2,1-2H3. The zero-order valence-corrected chi connectivity index (χ0v) is 13.4. The van der Waals surface area contributed by atoms with E-state index >= 15 is 0 Å². The predicted octanol–water partition coefficient (Wildman–Crippen LogP) is 2.82. The molecule has 6 heteroatoms. The number of anilines is 3. The van der Waals surface area contributed by atoms with Gasteiger partial charge in [0.2, 0.25) is 0 Å². The molecule has 0 saturated heterocycles. The van der Waals surface area contributed by atoms with E-state index in [-0.39, 0.29) is 0 Å². The molecule has 0 radical (unpaired) electrons. The predicted molar refractivity (Wildman–Crippen MR) is 89.5 cm³/mol. The summed E-state index contributed by atoms with van der Waals surface area (Å²) in [7, 11) is 2.15. The lowest BCUT2D eigenvalue weighted by molar-refractivity contribution is 0.723. The Morgan fingerprint density at radius 1 is 1.24 bits per heavy atom. The van der Waals surface area contributed by atoms with Gasteiger partial charge in [0.25, 0.3) is 0 Å². The number of fused-ring (bicyclic) bond motifs is 1. The van der Waals surface area contributed by atoms with Gasteiger partial charge in [-0.2, -0.15) is 0 Å². The van der Waals surface area contributed by atoms with Crippen LogP contribution in [0.3, 0.4) is 0 Å². The number of rotatable bonds is 5. The van der Waals surface area contributed by atoms with Gasteiger partial charge in [-0.1, -0.05) is 23.5 Å². The van der Waals surface area contributed by atoms with Crippen molar-refractivity contribution in [3.63, 3.8) is 0 Å². The first-order chi connectivity index (χ1) is 10.3. The fraction of sp³-hybridized carbons (Fsp3) is 0.467. The average molecular weight is 303 g/mol. The van der Waals surface area contributed by atoms with Crippen molar-refractivity contribution in [3.8, 4) is 0 Å². The number of para-hydroxylation sites is 2. The number of nitrogens with zero attached hydrogens (tertiary/aromatic N) is 4. The van der Waals surface area contributed by atoms with E-state index in [1.54, 1.807) is 0 Å². The molecule has 1 N–H and O–H groups in total. The molecule has 0 amide bonds. The van der Waals surface area contributed by atoms with Crippen LogP contribution < -0.4 is 15.1 Å². The normalized spacial score (nSPS) is 14.2. The molecule has 21 heavy (non-hydrogen) atoms. The molecule has 0 unspecified atom stereocenters. The first-order valence-electron chi connectivity index (χ1n) is 7.39. The third-order valence-electron chi connectivity index (χ3n) is 3.77. The summed E-state index contributed by atoms with van der Waals surface area (Å²) in [5.74, 6) is 0. The minimum absolute atomic E-state index is 0.813. The molecule has 0 fully saturated rings. The summed E-state index contributed by atoms with van der Waals surface area (Å²) < 4.78 is 4.10. The highest BCUT2D eigenvalue weighted by Crippen LogP contribution is 2.33. The van der Waals surface area contributed by atoms with Crippen LogP contribution in [0.5, 0.6) is 0 Å². The second-order valence-electron chi connectivity index (χ2n) is 5.31. The first kappa shape index (κ1) is 14.1. The van der Waals surface area contributed by atoms with Gasteiger partial charge < -0.3 is 15.1 Å². The summed E-state index contributed by atoms with van der Waals surface area (Å²) in [6, 6.07) is 8.55. The highest BCUT2D eigenvalue weighted by molar-refractivity contribution is 7.10. The van der Waals surface area contributed by atoms with Crippen molar-refractivity contribution in [2.24, 2.45) is 0 Å². The van der Waals surface area contributed by atoms with Crippen molar-refractivity contribution in [1.82, 2.24) is 9.59 Å². The maximum absolute atomic E-state index is 4.31. The summed E-state index contributed by atoms with van der Waals surface area (Å²) in [4.78, 5) is 4.70. The van der Waals surface area contributed by atoms with Crippen LogP contribution >= 0.6 is 11.5 Å². The Morgan fingerprint density at radius 3 is 2.86 bits per heavy atom. The quantitative estimate of drug-likeness (QED) is 0.920. The van der Waals surface area contributed by atoms with Crippen molar-refractivity contribution in [1.29, 1.82) is 0 Å². The van der Waals surface area contributed by atoms with Crippen molar-refractivity contribution in [2.75, 3.05) is 41.8 Å². The lowest BCUT2D eigenvalue weighted by Gasteiger charge is -2.36. The SMILES string of the molecule is CCCNc1snnc1CN1CCN(C)c2ccccc21. The molecule has 2 aromatic rings. The summed E-state index contributed by atoms with van der Waals surface area (Å²) in [6.45, 7) is 5.99. The molecule has 1 aliphatic heterocycles. The molecular formula is C15H21N5S. The molecule has 0 bridgehead atoms. The van der Waals surface area contributed by atoms with Gasteiger partial charge in [-0.25, -0.2) is 0 Å². The molecule has 1 aliphatic rings. The summed E-state index contributed by atoms with van der Waals surface area (Å²) in [5.41, 5.74) is 3.61. The number of benzene rings is 1. The molecule has 2 heterocycles. The Labute approximate surface area is 129 Å². The zero-order chi connectivity index (χ0) is 14.7. The molecule has 1 aromatic heterocycles. The fourth-order valence-electron chi connectivity index (χ4n) is 2.60. The van der Waals surface area contributed by atoms with Crippen LogP contribution in [0.1, 0.15) is 19.0 Å². The van der Waals surface area contributed by atoms with E-state index < -0.39 is 0 Å². The Kier molecular flexibility index (Phi) is 4.24.